The SMILES string of the molecule is CCCC[n+]1ccn(S(C)(=O)=O)c1.N#C[S-]. The fourth-order valence-electron chi connectivity index (χ4n) is 1.04. The van der Waals surface area contributed by atoms with Crippen molar-refractivity contribution in [2.24, 2.45) is 0 Å². The minimum atomic E-state index is -3.11. The average Bonchev–Trinajstić information content (AvgIpc) is 2.63. The van der Waals surface area contributed by atoms with Gasteiger partial charge in [0.2, 0.25) is 0 Å². The lowest BCUT2D eigenvalue weighted by Gasteiger charge is -1.92. The van der Waals surface area contributed by atoms with E-state index in [1.807, 2.05) is 4.57 Å². The van der Waals surface area contributed by atoms with Gasteiger partial charge in [0.15, 0.2) is 0 Å². The molecular formula is C9H15N3O2S2. The van der Waals surface area contributed by atoms with E-state index in [1.165, 1.54) is 15.6 Å². The molecule has 0 unspecified atom stereocenters. The Balaban J connectivity index is 0.000000673. The molecule has 5 nitrogen and oxygen atoms in total. The number of thiocyanates is 1. The summed E-state index contributed by atoms with van der Waals surface area (Å²) in [6.45, 7) is 2.98. The largest absolute Gasteiger partial charge is 0.696 e. The van der Waals surface area contributed by atoms with E-state index in [9.17, 15) is 8.42 Å². The van der Waals surface area contributed by atoms with E-state index in [1.54, 1.807) is 18.7 Å². The number of aryl methyl sites for hydroxylation is 1. The summed E-state index contributed by atoms with van der Waals surface area (Å²) in [4.78, 5) is 0. The second-order valence-corrected chi connectivity index (χ2v) is 5.26. The van der Waals surface area contributed by atoms with Crippen LogP contribution in [0.15, 0.2) is 18.7 Å². The number of imidazole rings is 1. The van der Waals surface area contributed by atoms with Gasteiger partial charge in [0.25, 0.3) is 6.33 Å². The van der Waals surface area contributed by atoms with Crippen molar-refractivity contribution in [1.29, 1.82) is 5.26 Å². The molecule has 0 amide bonds. The summed E-state index contributed by atoms with van der Waals surface area (Å²) in [6, 6.07) is 0. The highest BCUT2D eigenvalue weighted by atomic mass is 32.2. The highest BCUT2D eigenvalue weighted by molar-refractivity contribution is 7.89. The minimum Gasteiger partial charge on any atom is -0.696 e. The second-order valence-electron chi connectivity index (χ2n) is 3.19. The van der Waals surface area contributed by atoms with Gasteiger partial charge in [0, 0.05) is 0 Å². The highest BCUT2D eigenvalue weighted by Crippen LogP contribution is 1.92. The van der Waals surface area contributed by atoms with E-state index < -0.39 is 10.0 Å². The molecule has 1 rings (SSSR count). The Kier molecular flexibility index (Phi) is 6.69. The number of nitriles is 1. The van der Waals surface area contributed by atoms with E-state index in [-0.39, 0.29) is 0 Å². The quantitative estimate of drug-likeness (QED) is 0.447. The first-order valence-corrected chi connectivity index (χ1v) is 7.00. The van der Waals surface area contributed by atoms with Crippen LogP contribution in [0, 0.1) is 10.7 Å². The number of nitrogens with zero attached hydrogens (tertiary/aromatic N) is 3. The average molecular weight is 261 g/mol. The van der Waals surface area contributed by atoms with Crippen molar-refractivity contribution >= 4 is 22.7 Å². The summed E-state index contributed by atoms with van der Waals surface area (Å²) < 4.78 is 25.2. The van der Waals surface area contributed by atoms with Crippen molar-refractivity contribution in [2.45, 2.75) is 26.3 Å². The number of hydrogen-bond donors (Lipinski definition) is 0. The number of rotatable bonds is 4. The van der Waals surface area contributed by atoms with Crippen molar-refractivity contribution in [3.63, 3.8) is 0 Å². The van der Waals surface area contributed by atoms with Gasteiger partial charge in [0.05, 0.1) is 12.8 Å². The van der Waals surface area contributed by atoms with Crippen LogP contribution in [-0.2, 0) is 29.2 Å². The van der Waals surface area contributed by atoms with Gasteiger partial charge in [-0.1, -0.05) is 18.7 Å². The molecule has 0 fully saturated rings. The normalized spacial score (nSPS) is 10.1. The first kappa shape index (κ1) is 14.9. The number of hydrogen-bond acceptors (Lipinski definition) is 4. The van der Waals surface area contributed by atoms with E-state index in [4.69, 9.17) is 5.26 Å². The molecule has 1 aromatic rings. The molecule has 16 heavy (non-hydrogen) atoms. The molecule has 0 N–H and O–H groups in total. The van der Waals surface area contributed by atoms with Crippen molar-refractivity contribution in [1.82, 2.24) is 3.97 Å². The first-order chi connectivity index (χ1) is 7.45. The third kappa shape index (κ3) is 5.68. The van der Waals surface area contributed by atoms with Gasteiger partial charge in [-0.3, -0.25) is 0 Å². The second kappa shape index (κ2) is 7.19. The van der Waals surface area contributed by atoms with Crippen LogP contribution in [0.4, 0.5) is 0 Å². The monoisotopic (exact) mass is 261 g/mol. The maximum atomic E-state index is 11.1. The third-order valence-corrected chi connectivity index (χ3v) is 2.80. The zero-order chi connectivity index (χ0) is 12.6. The van der Waals surface area contributed by atoms with Crippen LogP contribution in [0.25, 0.3) is 0 Å². The lowest BCUT2D eigenvalue weighted by molar-refractivity contribution is -0.696. The summed E-state index contributed by atoms with van der Waals surface area (Å²) in [5.74, 6) is 0. The summed E-state index contributed by atoms with van der Waals surface area (Å²) in [5, 5.41) is 8.47. The number of aromatic nitrogens is 2. The molecule has 0 saturated heterocycles. The molecule has 90 valence electrons. The summed E-state index contributed by atoms with van der Waals surface area (Å²) >= 11 is 3.70. The summed E-state index contributed by atoms with van der Waals surface area (Å²) in [6.07, 6.45) is 8.30. The van der Waals surface area contributed by atoms with Crippen molar-refractivity contribution in [3.8, 4) is 5.40 Å². The topological polar surface area (TPSA) is 66.7 Å². The lowest BCUT2D eigenvalue weighted by atomic mass is 10.3. The van der Waals surface area contributed by atoms with Crippen LogP contribution >= 0.6 is 0 Å². The molecule has 0 aliphatic heterocycles. The van der Waals surface area contributed by atoms with Gasteiger partial charge in [-0.15, -0.1) is 3.97 Å². The van der Waals surface area contributed by atoms with Crippen molar-refractivity contribution < 1.29 is 13.0 Å². The van der Waals surface area contributed by atoms with Crippen LogP contribution in [-0.4, -0.2) is 18.6 Å². The molecule has 7 heteroatoms. The minimum absolute atomic E-state index is 0.874. The van der Waals surface area contributed by atoms with E-state index >= 15 is 0 Å². The smallest absolute Gasteiger partial charge is 0.301 e. The maximum absolute atomic E-state index is 11.1. The molecule has 0 aromatic carbocycles. The Hall–Kier alpha value is -1.13. The molecule has 0 bridgehead atoms. The Bertz CT molecular complexity index is 446. The molecule has 0 aliphatic carbocycles. The lowest BCUT2D eigenvalue weighted by Crippen LogP contribution is -2.31. The van der Waals surface area contributed by atoms with Crippen LogP contribution in [0.3, 0.4) is 0 Å². The molecule has 1 heterocycles. The van der Waals surface area contributed by atoms with Crippen LogP contribution in [0.1, 0.15) is 19.8 Å². The van der Waals surface area contributed by atoms with Gasteiger partial charge in [0.1, 0.15) is 12.4 Å². The van der Waals surface area contributed by atoms with Crippen molar-refractivity contribution in [2.75, 3.05) is 6.26 Å². The van der Waals surface area contributed by atoms with Crippen LogP contribution < -0.4 is 4.57 Å². The van der Waals surface area contributed by atoms with E-state index in [0.29, 0.717) is 0 Å². The number of unbranched alkanes of at least 4 members (excludes halogenated alkanes) is 1. The molecule has 0 aliphatic rings. The zero-order valence-corrected chi connectivity index (χ0v) is 11.0. The first-order valence-electron chi connectivity index (χ1n) is 4.74. The molecule has 0 spiro atoms. The fourth-order valence-corrected chi connectivity index (χ4v) is 1.61. The highest BCUT2D eigenvalue weighted by Gasteiger charge is 2.12. The summed E-state index contributed by atoms with van der Waals surface area (Å²) in [5.41, 5.74) is 0. The Morgan fingerprint density at radius 2 is 2.12 bits per heavy atom. The third-order valence-electron chi connectivity index (χ3n) is 1.82. The van der Waals surface area contributed by atoms with Gasteiger partial charge < -0.3 is 12.6 Å². The Morgan fingerprint density at radius 1 is 1.56 bits per heavy atom. The molecule has 0 atom stereocenters. The molecule has 1 aromatic heterocycles. The van der Waals surface area contributed by atoms with E-state index in [0.717, 1.165) is 19.4 Å². The van der Waals surface area contributed by atoms with Gasteiger partial charge in [-0.25, -0.2) is 9.83 Å². The molecule has 0 saturated carbocycles. The predicted molar refractivity (Wildman–Crippen MR) is 62.8 cm³/mol. The maximum Gasteiger partial charge on any atom is 0.301 e. The predicted octanol–water partition coefficient (Wildman–Crippen LogP) is 0.398. The van der Waals surface area contributed by atoms with Crippen LogP contribution in [0.2, 0.25) is 0 Å². The summed E-state index contributed by atoms with van der Waals surface area (Å²) in [7, 11) is -3.11. The van der Waals surface area contributed by atoms with Gasteiger partial charge >= 0.3 is 10.0 Å². The van der Waals surface area contributed by atoms with Crippen LogP contribution in [0.5, 0.6) is 0 Å². The molecule has 0 radical (unpaired) electrons. The van der Waals surface area contributed by atoms with Gasteiger partial charge in [-0.2, -0.15) is 8.42 Å². The Morgan fingerprint density at radius 3 is 2.50 bits per heavy atom. The van der Waals surface area contributed by atoms with Crippen molar-refractivity contribution in [3.05, 3.63) is 18.7 Å². The molecular weight excluding hydrogens is 246 g/mol. The van der Waals surface area contributed by atoms with E-state index in [2.05, 4.69) is 19.6 Å². The standard InChI is InChI=1S/C8H15N2O2S.CHNS/c1-3-4-5-9-6-7-10(8-9)13(2,11)12;2-1-3/h6-8H,3-5H2,1-2H3;3H/q+1;/p-1. The fraction of sp³-hybridized carbons (Fsp3) is 0.556. The van der Waals surface area contributed by atoms with Gasteiger partial charge in [-0.05, 0) is 6.42 Å². The zero-order valence-electron chi connectivity index (χ0n) is 9.33. The Labute approximate surface area is 102 Å².